The minimum atomic E-state index is 0.522. The Bertz CT molecular complexity index is 447. The summed E-state index contributed by atoms with van der Waals surface area (Å²) in [5, 5.41) is 3.40. The molecule has 0 saturated heterocycles. The molecule has 0 spiro atoms. The molecule has 1 aromatic carbocycles. The minimum Gasteiger partial charge on any atom is -0.319 e. The first-order chi connectivity index (χ1) is 9.41. The van der Waals surface area contributed by atoms with Crippen LogP contribution in [-0.2, 0) is 6.42 Å². The van der Waals surface area contributed by atoms with Crippen LogP contribution in [0.1, 0.15) is 49.8 Å². The molecular weight excluding hydrogens is 242 g/mol. The first-order valence-corrected chi connectivity index (χ1v) is 8.12. The van der Waals surface area contributed by atoms with Gasteiger partial charge in [-0.05, 0) is 87.1 Å². The molecule has 1 N–H and O–H groups in total. The highest BCUT2D eigenvalue weighted by atomic mass is 14.8. The van der Waals surface area contributed by atoms with Gasteiger partial charge in [-0.15, -0.1) is 0 Å². The zero-order chi connectivity index (χ0) is 14.8. The third kappa shape index (κ3) is 3.85. The lowest BCUT2D eigenvalue weighted by molar-refractivity contribution is 0.117. The second-order valence-corrected chi connectivity index (χ2v) is 7.61. The van der Waals surface area contributed by atoms with Crippen LogP contribution >= 0.6 is 0 Å². The van der Waals surface area contributed by atoms with E-state index in [1.165, 1.54) is 48.9 Å². The van der Waals surface area contributed by atoms with E-state index in [9.17, 15) is 0 Å². The Morgan fingerprint density at radius 1 is 1.15 bits per heavy atom. The Morgan fingerprint density at radius 3 is 2.55 bits per heavy atom. The van der Waals surface area contributed by atoms with Crippen molar-refractivity contribution in [1.82, 2.24) is 5.32 Å². The quantitative estimate of drug-likeness (QED) is 0.851. The standard InChI is InChI=1S/C19H31N/c1-14-6-7-16(10-15(14)2)11-18-12-19(3,4)9-8-17(18)13-20-5/h6-7,10,17-18,20H,8-9,11-13H2,1-5H3. The average Bonchev–Trinajstić information content (AvgIpc) is 2.37. The average molecular weight is 273 g/mol. The lowest BCUT2D eigenvalue weighted by Gasteiger charge is -2.41. The number of hydrogen-bond acceptors (Lipinski definition) is 1. The van der Waals surface area contributed by atoms with Gasteiger partial charge in [0.1, 0.15) is 0 Å². The maximum atomic E-state index is 3.40. The molecule has 0 aliphatic heterocycles. The van der Waals surface area contributed by atoms with Gasteiger partial charge in [0.2, 0.25) is 0 Å². The highest BCUT2D eigenvalue weighted by Crippen LogP contribution is 2.43. The molecule has 2 unspecified atom stereocenters. The molecule has 0 radical (unpaired) electrons. The van der Waals surface area contributed by atoms with Gasteiger partial charge >= 0.3 is 0 Å². The van der Waals surface area contributed by atoms with E-state index < -0.39 is 0 Å². The zero-order valence-corrected chi connectivity index (χ0v) is 13.9. The van der Waals surface area contributed by atoms with Crippen LogP contribution in [0.3, 0.4) is 0 Å². The molecule has 0 heterocycles. The van der Waals surface area contributed by atoms with Crippen molar-refractivity contribution in [2.75, 3.05) is 13.6 Å². The third-order valence-electron chi connectivity index (χ3n) is 5.21. The van der Waals surface area contributed by atoms with E-state index in [0.717, 1.165) is 11.8 Å². The summed E-state index contributed by atoms with van der Waals surface area (Å²) in [5.74, 6) is 1.67. The van der Waals surface area contributed by atoms with Crippen LogP contribution in [0.15, 0.2) is 18.2 Å². The summed E-state index contributed by atoms with van der Waals surface area (Å²) >= 11 is 0. The molecule has 0 bridgehead atoms. The van der Waals surface area contributed by atoms with Gasteiger partial charge in [0.05, 0.1) is 0 Å². The molecule has 1 aromatic rings. The van der Waals surface area contributed by atoms with Crippen LogP contribution in [0.2, 0.25) is 0 Å². The highest BCUT2D eigenvalue weighted by molar-refractivity contribution is 5.30. The Kier molecular flexibility index (Phi) is 4.90. The van der Waals surface area contributed by atoms with E-state index >= 15 is 0 Å². The fourth-order valence-corrected chi connectivity index (χ4v) is 3.79. The van der Waals surface area contributed by atoms with Gasteiger partial charge in [0, 0.05) is 0 Å². The molecular formula is C19H31N. The van der Waals surface area contributed by atoms with Crippen LogP contribution in [0, 0.1) is 31.1 Å². The first-order valence-electron chi connectivity index (χ1n) is 8.12. The molecule has 0 aromatic heterocycles. The summed E-state index contributed by atoms with van der Waals surface area (Å²) < 4.78 is 0. The molecule has 1 heteroatoms. The van der Waals surface area contributed by atoms with Gasteiger partial charge < -0.3 is 5.32 Å². The van der Waals surface area contributed by atoms with Gasteiger partial charge in [0.25, 0.3) is 0 Å². The van der Waals surface area contributed by atoms with Crippen LogP contribution in [-0.4, -0.2) is 13.6 Å². The predicted octanol–water partition coefficient (Wildman–Crippen LogP) is 4.51. The van der Waals surface area contributed by atoms with Crippen molar-refractivity contribution in [3.63, 3.8) is 0 Å². The van der Waals surface area contributed by atoms with Crippen molar-refractivity contribution in [2.45, 2.75) is 53.4 Å². The molecule has 1 fully saturated rings. The lowest BCUT2D eigenvalue weighted by Crippen LogP contribution is -2.36. The Balaban J connectivity index is 2.11. The summed E-state index contributed by atoms with van der Waals surface area (Å²) in [6, 6.07) is 7.01. The number of hydrogen-bond donors (Lipinski definition) is 1. The predicted molar refractivity (Wildman–Crippen MR) is 88.2 cm³/mol. The lowest BCUT2D eigenvalue weighted by atomic mass is 9.65. The second-order valence-electron chi connectivity index (χ2n) is 7.61. The highest BCUT2D eigenvalue weighted by Gasteiger charge is 2.34. The van der Waals surface area contributed by atoms with Crippen molar-refractivity contribution in [2.24, 2.45) is 17.3 Å². The molecule has 112 valence electrons. The molecule has 1 aliphatic carbocycles. The minimum absolute atomic E-state index is 0.522. The number of aryl methyl sites for hydroxylation is 2. The number of benzene rings is 1. The van der Waals surface area contributed by atoms with E-state index in [1.807, 2.05) is 0 Å². The van der Waals surface area contributed by atoms with Gasteiger partial charge in [-0.2, -0.15) is 0 Å². The third-order valence-corrected chi connectivity index (χ3v) is 5.21. The smallest absolute Gasteiger partial charge is 0.00207 e. The fraction of sp³-hybridized carbons (Fsp3) is 0.684. The van der Waals surface area contributed by atoms with E-state index in [1.54, 1.807) is 0 Å². The molecule has 2 atom stereocenters. The van der Waals surface area contributed by atoms with Crippen LogP contribution in [0.5, 0.6) is 0 Å². The Hall–Kier alpha value is -0.820. The largest absolute Gasteiger partial charge is 0.319 e. The number of nitrogens with one attached hydrogen (secondary N) is 1. The summed E-state index contributed by atoms with van der Waals surface area (Å²) in [5.41, 5.74) is 4.89. The maximum absolute atomic E-state index is 3.40. The number of rotatable bonds is 4. The van der Waals surface area contributed by atoms with Crippen LogP contribution in [0.4, 0.5) is 0 Å². The molecule has 1 saturated carbocycles. The van der Waals surface area contributed by atoms with Gasteiger partial charge in [-0.1, -0.05) is 32.0 Å². The SMILES string of the molecule is CNCC1CCC(C)(C)CC1Cc1ccc(C)c(C)c1. The fourth-order valence-electron chi connectivity index (χ4n) is 3.79. The van der Waals surface area contributed by atoms with E-state index in [-0.39, 0.29) is 0 Å². The normalized spacial score (nSPS) is 25.6. The summed E-state index contributed by atoms with van der Waals surface area (Å²) in [7, 11) is 2.09. The van der Waals surface area contributed by atoms with Gasteiger partial charge in [0.15, 0.2) is 0 Å². The second kappa shape index (κ2) is 6.30. The molecule has 2 rings (SSSR count). The zero-order valence-electron chi connectivity index (χ0n) is 13.9. The van der Waals surface area contributed by atoms with Crippen molar-refractivity contribution < 1.29 is 0 Å². The molecule has 1 nitrogen and oxygen atoms in total. The summed E-state index contributed by atoms with van der Waals surface area (Å²) in [6.45, 7) is 10.5. The van der Waals surface area contributed by atoms with Gasteiger partial charge in [-0.3, -0.25) is 0 Å². The first kappa shape index (κ1) is 15.6. The van der Waals surface area contributed by atoms with E-state index in [4.69, 9.17) is 0 Å². The monoisotopic (exact) mass is 273 g/mol. The molecule has 1 aliphatic rings. The topological polar surface area (TPSA) is 12.0 Å². The van der Waals surface area contributed by atoms with Crippen LogP contribution in [0.25, 0.3) is 0 Å². The Labute approximate surface area is 125 Å². The summed E-state index contributed by atoms with van der Waals surface area (Å²) in [6.07, 6.45) is 5.37. The molecule has 20 heavy (non-hydrogen) atoms. The summed E-state index contributed by atoms with van der Waals surface area (Å²) in [4.78, 5) is 0. The van der Waals surface area contributed by atoms with Crippen molar-refractivity contribution in [3.05, 3.63) is 34.9 Å². The van der Waals surface area contributed by atoms with E-state index in [2.05, 4.69) is 58.3 Å². The Morgan fingerprint density at radius 2 is 1.90 bits per heavy atom. The van der Waals surface area contributed by atoms with Crippen molar-refractivity contribution >= 4 is 0 Å². The van der Waals surface area contributed by atoms with Crippen molar-refractivity contribution in [1.29, 1.82) is 0 Å². The molecule has 0 amide bonds. The van der Waals surface area contributed by atoms with Crippen molar-refractivity contribution in [3.8, 4) is 0 Å². The van der Waals surface area contributed by atoms with Gasteiger partial charge in [-0.25, -0.2) is 0 Å². The van der Waals surface area contributed by atoms with E-state index in [0.29, 0.717) is 5.41 Å². The van der Waals surface area contributed by atoms with Crippen LogP contribution < -0.4 is 5.32 Å². The maximum Gasteiger partial charge on any atom is -0.00207 e.